The van der Waals surface area contributed by atoms with Crippen molar-refractivity contribution in [2.45, 2.75) is 24.8 Å². The second-order valence-corrected chi connectivity index (χ2v) is 8.59. The third-order valence-electron chi connectivity index (χ3n) is 4.13. The molecule has 0 radical (unpaired) electrons. The molecule has 0 aliphatic heterocycles. The zero-order chi connectivity index (χ0) is 18.8. The van der Waals surface area contributed by atoms with Crippen LogP contribution in [0, 0.1) is 6.92 Å². The monoisotopic (exact) mass is 425 g/mol. The Hall–Kier alpha value is -1.70. The molecule has 2 aromatic rings. The lowest BCUT2D eigenvalue weighted by Gasteiger charge is -2.25. The van der Waals surface area contributed by atoms with Crippen molar-refractivity contribution in [2.75, 3.05) is 14.2 Å². The molecule has 1 unspecified atom stereocenters. The van der Waals surface area contributed by atoms with Crippen LogP contribution in [0.4, 0.5) is 0 Å². The van der Waals surface area contributed by atoms with E-state index in [9.17, 15) is 13.2 Å². The molecule has 0 aliphatic rings. The van der Waals surface area contributed by atoms with Crippen molar-refractivity contribution in [3.05, 3.63) is 63.6 Å². The van der Waals surface area contributed by atoms with Crippen molar-refractivity contribution >= 4 is 31.9 Å². The van der Waals surface area contributed by atoms with Crippen LogP contribution in [-0.2, 0) is 14.8 Å². The highest BCUT2D eigenvalue weighted by Crippen LogP contribution is 2.28. The maximum atomic E-state index is 12.9. The largest absolute Gasteiger partial charge is 0.465 e. The lowest BCUT2D eigenvalue weighted by atomic mass is 10.1. The molecular formula is C18H20BrNO4S. The van der Waals surface area contributed by atoms with Crippen molar-refractivity contribution in [3.8, 4) is 0 Å². The summed E-state index contributed by atoms with van der Waals surface area (Å²) in [5, 5.41) is 0. The second-order valence-electron chi connectivity index (χ2n) is 5.74. The number of benzene rings is 2. The van der Waals surface area contributed by atoms with Crippen LogP contribution in [-0.4, -0.2) is 32.8 Å². The van der Waals surface area contributed by atoms with Gasteiger partial charge < -0.3 is 4.74 Å². The summed E-state index contributed by atoms with van der Waals surface area (Å²) < 4.78 is 32.4. The Kier molecular flexibility index (Phi) is 6.03. The number of aryl methyl sites for hydroxylation is 1. The molecule has 0 amide bonds. The molecule has 2 rings (SSSR count). The van der Waals surface area contributed by atoms with Crippen LogP contribution in [0.2, 0.25) is 0 Å². The fourth-order valence-corrected chi connectivity index (χ4v) is 4.15. The number of halogens is 1. The Morgan fingerprint density at radius 1 is 1.16 bits per heavy atom. The normalized spacial score (nSPS) is 12.9. The van der Waals surface area contributed by atoms with Crippen LogP contribution in [0.25, 0.3) is 0 Å². The lowest BCUT2D eigenvalue weighted by molar-refractivity contribution is 0.0599. The first-order valence-corrected chi connectivity index (χ1v) is 9.84. The number of carbonyl (C=O) groups is 1. The Labute approximate surface area is 156 Å². The molecule has 0 aromatic heterocycles. The molecule has 0 aliphatic carbocycles. The number of methoxy groups -OCH3 is 1. The number of sulfonamides is 1. The van der Waals surface area contributed by atoms with Crippen LogP contribution in [0.3, 0.4) is 0 Å². The van der Waals surface area contributed by atoms with Gasteiger partial charge in [0.05, 0.1) is 17.6 Å². The third kappa shape index (κ3) is 4.11. The van der Waals surface area contributed by atoms with E-state index in [2.05, 4.69) is 15.9 Å². The van der Waals surface area contributed by atoms with E-state index in [0.717, 1.165) is 11.1 Å². The SMILES string of the molecule is COC(=O)c1cc(S(=O)(=O)N(C)C(C)c2ccc(C)cc2)ccc1Br. The van der Waals surface area contributed by atoms with Gasteiger partial charge in [0, 0.05) is 17.6 Å². The Bertz CT molecular complexity index is 878. The number of hydrogen-bond acceptors (Lipinski definition) is 4. The molecule has 5 nitrogen and oxygen atoms in total. The van der Waals surface area contributed by atoms with E-state index in [1.165, 1.54) is 36.7 Å². The molecule has 0 N–H and O–H groups in total. The minimum absolute atomic E-state index is 0.0394. The first kappa shape index (κ1) is 19.6. The number of nitrogens with zero attached hydrogens (tertiary/aromatic N) is 1. The highest BCUT2D eigenvalue weighted by molar-refractivity contribution is 9.10. The van der Waals surface area contributed by atoms with Gasteiger partial charge in [0.15, 0.2) is 0 Å². The zero-order valence-electron chi connectivity index (χ0n) is 14.5. The Morgan fingerprint density at radius 2 is 1.76 bits per heavy atom. The van der Waals surface area contributed by atoms with E-state index >= 15 is 0 Å². The van der Waals surface area contributed by atoms with Crippen molar-refractivity contribution in [3.63, 3.8) is 0 Å². The highest BCUT2D eigenvalue weighted by atomic mass is 79.9. The maximum absolute atomic E-state index is 12.9. The van der Waals surface area contributed by atoms with E-state index in [1.54, 1.807) is 0 Å². The van der Waals surface area contributed by atoms with E-state index in [0.29, 0.717) is 4.47 Å². The molecule has 134 valence electrons. The van der Waals surface area contributed by atoms with E-state index in [1.807, 2.05) is 38.1 Å². The summed E-state index contributed by atoms with van der Waals surface area (Å²) in [5.74, 6) is -0.599. The zero-order valence-corrected chi connectivity index (χ0v) is 16.9. The van der Waals surface area contributed by atoms with E-state index < -0.39 is 16.0 Å². The van der Waals surface area contributed by atoms with Gasteiger partial charge in [-0.05, 0) is 53.5 Å². The van der Waals surface area contributed by atoms with Crippen LogP contribution in [0.1, 0.15) is 34.5 Å². The summed E-state index contributed by atoms with van der Waals surface area (Å²) in [7, 11) is -0.994. The van der Waals surface area contributed by atoms with E-state index in [-0.39, 0.29) is 16.5 Å². The molecule has 0 bridgehead atoms. The summed E-state index contributed by atoms with van der Waals surface area (Å²) in [6.45, 7) is 3.80. The van der Waals surface area contributed by atoms with Crippen molar-refractivity contribution < 1.29 is 17.9 Å². The third-order valence-corrected chi connectivity index (χ3v) is 6.74. The van der Waals surface area contributed by atoms with Gasteiger partial charge in [0.2, 0.25) is 10.0 Å². The molecule has 1 atom stereocenters. The van der Waals surface area contributed by atoms with Crippen LogP contribution in [0.15, 0.2) is 51.8 Å². The van der Waals surface area contributed by atoms with Gasteiger partial charge in [-0.2, -0.15) is 4.31 Å². The fourth-order valence-electron chi connectivity index (χ4n) is 2.36. The van der Waals surface area contributed by atoms with Crippen molar-refractivity contribution in [1.82, 2.24) is 4.31 Å². The highest BCUT2D eigenvalue weighted by Gasteiger charge is 2.27. The minimum Gasteiger partial charge on any atom is -0.465 e. The number of rotatable bonds is 5. The summed E-state index contributed by atoms with van der Waals surface area (Å²) in [6, 6.07) is 11.7. The number of esters is 1. The fraction of sp³-hybridized carbons (Fsp3) is 0.278. The minimum atomic E-state index is -3.77. The predicted molar refractivity (Wildman–Crippen MR) is 100 cm³/mol. The molecule has 25 heavy (non-hydrogen) atoms. The molecule has 0 fully saturated rings. The van der Waals surface area contributed by atoms with Gasteiger partial charge in [0.25, 0.3) is 0 Å². The van der Waals surface area contributed by atoms with Crippen molar-refractivity contribution in [1.29, 1.82) is 0 Å². The topological polar surface area (TPSA) is 63.7 Å². The van der Waals surface area contributed by atoms with Crippen LogP contribution < -0.4 is 0 Å². The molecule has 7 heteroatoms. The Balaban J connectivity index is 2.40. The molecule has 2 aromatic carbocycles. The van der Waals surface area contributed by atoms with Gasteiger partial charge in [-0.3, -0.25) is 0 Å². The van der Waals surface area contributed by atoms with Crippen LogP contribution in [0.5, 0.6) is 0 Å². The van der Waals surface area contributed by atoms with Gasteiger partial charge in [-0.15, -0.1) is 0 Å². The smallest absolute Gasteiger partial charge is 0.339 e. The first-order chi connectivity index (χ1) is 11.7. The first-order valence-electron chi connectivity index (χ1n) is 7.61. The van der Waals surface area contributed by atoms with Gasteiger partial charge >= 0.3 is 5.97 Å². The van der Waals surface area contributed by atoms with Crippen LogP contribution >= 0.6 is 15.9 Å². The van der Waals surface area contributed by atoms with Gasteiger partial charge in [-0.1, -0.05) is 29.8 Å². The summed E-state index contributed by atoms with van der Waals surface area (Å²) in [5.41, 5.74) is 2.17. The standard InChI is InChI=1S/C18H20BrNO4S/c1-12-5-7-14(8-6-12)13(2)20(3)25(22,23)15-9-10-17(19)16(11-15)18(21)24-4/h5-11,13H,1-4H3. The second kappa shape index (κ2) is 7.68. The number of hydrogen-bond donors (Lipinski definition) is 0. The number of carbonyl (C=O) groups excluding carboxylic acids is 1. The molecular weight excluding hydrogens is 406 g/mol. The average Bonchev–Trinajstić information content (AvgIpc) is 2.60. The molecule has 0 saturated carbocycles. The molecule has 0 heterocycles. The van der Waals surface area contributed by atoms with Gasteiger partial charge in [-0.25, -0.2) is 13.2 Å². The summed E-state index contributed by atoms with van der Waals surface area (Å²) in [4.78, 5) is 11.8. The van der Waals surface area contributed by atoms with Crippen molar-refractivity contribution in [2.24, 2.45) is 0 Å². The quantitative estimate of drug-likeness (QED) is 0.680. The molecule has 0 saturated heterocycles. The molecule has 0 spiro atoms. The van der Waals surface area contributed by atoms with E-state index in [4.69, 9.17) is 4.74 Å². The lowest BCUT2D eigenvalue weighted by Crippen LogP contribution is -2.30. The maximum Gasteiger partial charge on any atom is 0.339 e. The van der Waals surface area contributed by atoms with Gasteiger partial charge in [0.1, 0.15) is 0 Å². The predicted octanol–water partition coefficient (Wildman–Crippen LogP) is 3.93. The average molecular weight is 426 g/mol. The summed E-state index contributed by atoms with van der Waals surface area (Å²) in [6.07, 6.45) is 0. The number of ether oxygens (including phenoxy) is 1. The summed E-state index contributed by atoms with van der Waals surface area (Å²) >= 11 is 3.24. The Morgan fingerprint density at radius 3 is 2.32 bits per heavy atom.